The average molecular weight is 401 g/mol. The van der Waals surface area contributed by atoms with Gasteiger partial charge in [0.2, 0.25) is 0 Å². The standard InChI is InChI=1S/C21H21ClN2O2S/c1-13-8-9-14(2)16(11-13)20(25)24(12-15-5-4-10-26-15)21-23-19-17(22)6-3-7-18(19)27-21/h3,6-9,11,15H,4-5,10,12H2,1-2H3. The lowest BCUT2D eigenvalue weighted by atomic mass is 10.0. The highest BCUT2D eigenvalue weighted by atomic mass is 35.5. The molecule has 4 rings (SSSR count). The van der Waals surface area contributed by atoms with Crippen LogP contribution in [-0.4, -0.2) is 30.1 Å². The number of thiazole rings is 1. The molecule has 0 spiro atoms. The maximum Gasteiger partial charge on any atom is 0.260 e. The first-order chi connectivity index (χ1) is 13.0. The van der Waals surface area contributed by atoms with Crippen LogP contribution in [0.1, 0.15) is 34.3 Å². The third-order valence-corrected chi connectivity index (χ3v) is 6.22. The number of fused-ring (bicyclic) bond motifs is 1. The van der Waals surface area contributed by atoms with E-state index >= 15 is 0 Å². The summed E-state index contributed by atoms with van der Waals surface area (Å²) in [5.41, 5.74) is 3.47. The predicted molar refractivity (Wildman–Crippen MR) is 111 cm³/mol. The Balaban J connectivity index is 1.76. The van der Waals surface area contributed by atoms with Gasteiger partial charge in [-0.15, -0.1) is 0 Å². The number of halogens is 1. The molecule has 4 nitrogen and oxygen atoms in total. The van der Waals surface area contributed by atoms with E-state index in [9.17, 15) is 4.79 Å². The van der Waals surface area contributed by atoms with Gasteiger partial charge in [-0.3, -0.25) is 9.69 Å². The summed E-state index contributed by atoms with van der Waals surface area (Å²) in [5.74, 6) is -0.0399. The molecule has 1 aliphatic heterocycles. The summed E-state index contributed by atoms with van der Waals surface area (Å²) in [6.07, 6.45) is 2.03. The summed E-state index contributed by atoms with van der Waals surface area (Å²) in [4.78, 5) is 19.9. The molecule has 1 aliphatic rings. The molecule has 0 radical (unpaired) electrons. The molecule has 0 aliphatic carbocycles. The van der Waals surface area contributed by atoms with Crippen molar-refractivity contribution >= 4 is 44.2 Å². The molecular weight excluding hydrogens is 380 g/mol. The quantitative estimate of drug-likeness (QED) is 0.589. The topological polar surface area (TPSA) is 42.4 Å². The average Bonchev–Trinajstić information content (AvgIpc) is 3.31. The van der Waals surface area contributed by atoms with Crippen molar-refractivity contribution in [2.45, 2.75) is 32.8 Å². The van der Waals surface area contributed by atoms with Crippen molar-refractivity contribution in [3.8, 4) is 0 Å². The van der Waals surface area contributed by atoms with Crippen molar-refractivity contribution < 1.29 is 9.53 Å². The molecule has 0 N–H and O–H groups in total. The molecule has 1 atom stereocenters. The first kappa shape index (κ1) is 18.4. The second kappa shape index (κ2) is 7.58. The Labute approximate surface area is 167 Å². The number of carbonyl (C=O) groups is 1. The van der Waals surface area contributed by atoms with Gasteiger partial charge in [0.1, 0.15) is 5.52 Å². The zero-order valence-corrected chi connectivity index (χ0v) is 16.9. The Kier molecular flexibility index (Phi) is 5.17. The first-order valence-corrected chi connectivity index (χ1v) is 10.3. The second-order valence-corrected chi connectivity index (χ2v) is 8.37. The number of amides is 1. The number of anilines is 1. The molecule has 1 aromatic heterocycles. The summed E-state index contributed by atoms with van der Waals surface area (Å²) in [7, 11) is 0. The number of aromatic nitrogens is 1. The Hall–Kier alpha value is -1.95. The Morgan fingerprint density at radius 2 is 2.19 bits per heavy atom. The summed E-state index contributed by atoms with van der Waals surface area (Å²) in [6.45, 7) is 5.22. The molecule has 0 bridgehead atoms. The molecular formula is C21H21ClN2O2S. The summed E-state index contributed by atoms with van der Waals surface area (Å²) in [6, 6.07) is 11.7. The van der Waals surface area contributed by atoms with E-state index in [1.54, 1.807) is 4.90 Å². The van der Waals surface area contributed by atoms with Crippen LogP contribution in [0, 0.1) is 13.8 Å². The van der Waals surface area contributed by atoms with Crippen molar-refractivity contribution in [2.75, 3.05) is 18.1 Å². The van der Waals surface area contributed by atoms with Crippen molar-refractivity contribution in [3.05, 3.63) is 58.1 Å². The van der Waals surface area contributed by atoms with Crippen LogP contribution >= 0.6 is 22.9 Å². The SMILES string of the molecule is Cc1ccc(C)c(C(=O)N(CC2CCCO2)c2nc3c(Cl)cccc3s2)c1. The molecule has 1 fully saturated rings. The van der Waals surface area contributed by atoms with Gasteiger partial charge in [-0.05, 0) is 50.5 Å². The van der Waals surface area contributed by atoms with Gasteiger partial charge >= 0.3 is 0 Å². The van der Waals surface area contributed by atoms with Crippen molar-refractivity contribution in [3.63, 3.8) is 0 Å². The number of rotatable bonds is 4. The number of ether oxygens (including phenoxy) is 1. The minimum atomic E-state index is -0.0399. The molecule has 6 heteroatoms. The number of hydrogen-bond acceptors (Lipinski definition) is 4. The van der Waals surface area contributed by atoms with Crippen LogP contribution in [0.4, 0.5) is 5.13 Å². The lowest BCUT2D eigenvalue weighted by Crippen LogP contribution is -2.37. The highest BCUT2D eigenvalue weighted by molar-refractivity contribution is 7.22. The van der Waals surface area contributed by atoms with E-state index in [4.69, 9.17) is 16.3 Å². The fraction of sp³-hybridized carbons (Fsp3) is 0.333. The molecule has 3 aromatic rings. The highest BCUT2D eigenvalue weighted by Gasteiger charge is 2.28. The maximum atomic E-state index is 13.5. The van der Waals surface area contributed by atoms with E-state index in [2.05, 4.69) is 4.98 Å². The fourth-order valence-electron chi connectivity index (χ4n) is 3.37. The van der Waals surface area contributed by atoms with Gasteiger partial charge in [0.15, 0.2) is 5.13 Å². The van der Waals surface area contributed by atoms with Crippen LogP contribution in [0.5, 0.6) is 0 Å². The number of hydrogen-bond donors (Lipinski definition) is 0. The smallest absolute Gasteiger partial charge is 0.260 e. The number of aryl methyl sites for hydroxylation is 2. The van der Waals surface area contributed by atoms with Crippen molar-refractivity contribution in [1.82, 2.24) is 4.98 Å². The first-order valence-electron chi connectivity index (χ1n) is 9.08. The van der Waals surface area contributed by atoms with E-state index in [0.29, 0.717) is 22.3 Å². The summed E-state index contributed by atoms with van der Waals surface area (Å²) < 4.78 is 6.78. The van der Waals surface area contributed by atoms with Gasteiger partial charge < -0.3 is 4.74 Å². The van der Waals surface area contributed by atoms with Crippen LogP contribution in [0.2, 0.25) is 5.02 Å². The Morgan fingerprint density at radius 1 is 1.33 bits per heavy atom. The van der Waals surface area contributed by atoms with Crippen molar-refractivity contribution in [1.29, 1.82) is 0 Å². The highest BCUT2D eigenvalue weighted by Crippen LogP contribution is 2.34. The summed E-state index contributed by atoms with van der Waals surface area (Å²) in [5, 5.41) is 1.27. The second-order valence-electron chi connectivity index (χ2n) is 6.95. The molecule has 27 heavy (non-hydrogen) atoms. The van der Waals surface area contributed by atoms with Crippen LogP contribution in [0.15, 0.2) is 36.4 Å². The number of para-hydroxylation sites is 1. The predicted octanol–water partition coefficient (Wildman–Crippen LogP) is 5.39. The lowest BCUT2D eigenvalue weighted by Gasteiger charge is -2.24. The molecule has 140 valence electrons. The van der Waals surface area contributed by atoms with Crippen LogP contribution in [0.3, 0.4) is 0 Å². The zero-order valence-electron chi connectivity index (χ0n) is 15.4. The normalized spacial score (nSPS) is 16.8. The van der Waals surface area contributed by atoms with E-state index in [-0.39, 0.29) is 12.0 Å². The van der Waals surface area contributed by atoms with Gasteiger partial charge in [0.05, 0.1) is 22.4 Å². The number of carbonyl (C=O) groups excluding carboxylic acids is 1. The van der Waals surface area contributed by atoms with E-state index in [0.717, 1.165) is 40.8 Å². The van der Waals surface area contributed by atoms with Crippen LogP contribution in [0.25, 0.3) is 10.2 Å². The van der Waals surface area contributed by atoms with Gasteiger partial charge in [0.25, 0.3) is 5.91 Å². The van der Waals surface area contributed by atoms with Gasteiger partial charge in [-0.2, -0.15) is 0 Å². The Bertz CT molecular complexity index is 995. The largest absolute Gasteiger partial charge is 0.376 e. The van der Waals surface area contributed by atoms with Crippen molar-refractivity contribution in [2.24, 2.45) is 0 Å². The van der Waals surface area contributed by atoms with Crippen LogP contribution in [-0.2, 0) is 4.74 Å². The van der Waals surface area contributed by atoms with E-state index in [1.165, 1.54) is 11.3 Å². The van der Waals surface area contributed by atoms with Gasteiger partial charge in [-0.25, -0.2) is 4.98 Å². The fourth-order valence-corrected chi connectivity index (χ4v) is 4.64. The van der Waals surface area contributed by atoms with Crippen LogP contribution < -0.4 is 4.90 Å². The molecule has 0 saturated carbocycles. The monoisotopic (exact) mass is 400 g/mol. The molecule has 1 saturated heterocycles. The Morgan fingerprint density at radius 3 is 2.93 bits per heavy atom. The molecule has 2 aromatic carbocycles. The third kappa shape index (κ3) is 3.72. The third-order valence-electron chi connectivity index (χ3n) is 4.87. The van der Waals surface area contributed by atoms with Gasteiger partial charge in [0, 0.05) is 12.2 Å². The maximum absolute atomic E-state index is 13.5. The number of nitrogens with zero attached hydrogens (tertiary/aromatic N) is 2. The molecule has 1 unspecified atom stereocenters. The molecule has 2 heterocycles. The summed E-state index contributed by atoms with van der Waals surface area (Å²) >= 11 is 7.79. The lowest BCUT2D eigenvalue weighted by molar-refractivity contribution is 0.0917. The minimum absolute atomic E-state index is 0.0399. The molecule has 1 amide bonds. The van der Waals surface area contributed by atoms with E-state index in [1.807, 2.05) is 50.2 Å². The van der Waals surface area contributed by atoms with E-state index < -0.39 is 0 Å². The number of benzene rings is 2. The van der Waals surface area contributed by atoms with Gasteiger partial charge in [-0.1, -0.05) is 46.7 Å². The minimum Gasteiger partial charge on any atom is -0.376 e. The zero-order chi connectivity index (χ0) is 19.0.